The molecule has 5 unspecified atom stereocenters. The van der Waals surface area contributed by atoms with Gasteiger partial charge in [0.2, 0.25) is 23.6 Å². The van der Waals surface area contributed by atoms with Crippen LogP contribution in [0.1, 0.15) is 37.8 Å². The lowest BCUT2D eigenvalue weighted by molar-refractivity contribution is -0.143. The van der Waals surface area contributed by atoms with Crippen molar-refractivity contribution in [2.24, 2.45) is 17.4 Å². The summed E-state index contributed by atoms with van der Waals surface area (Å²) in [6.07, 6.45) is 1.67. The van der Waals surface area contributed by atoms with Gasteiger partial charge in [0.15, 0.2) is 0 Å². The molecule has 3 rings (SSSR count). The third-order valence-corrected chi connectivity index (χ3v) is 7.32. The second-order valence-electron chi connectivity index (χ2n) is 10.5. The molecule has 10 N–H and O–H groups in total. The molecule has 1 heterocycles. The predicted octanol–water partition coefficient (Wildman–Crippen LogP) is 0.447. The average molecular weight is 595 g/mol. The van der Waals surface area contributed by atoms with E-state index >= 15 is 0 Å². The molecule has 0 spiro atoms. The Bertz CT molecular complexity index is 1450. The molecular weight excluding hydrogens is 556 g/mol. The molecule has 0 aliphatic carbocycles. The highest BCUT2D eigenvalue weighted by atomic mass is 16.4. The van der Waals surface area contributed by atoms with Crippen LogP contribution in [0.25, 0.3) is 10.9 Å². The maximum Gasteiger partial charge on any atom is 0.326 e. The van der Waals surface area contributed by atoms with Crippen molar-refractivity contribution < 1.29 is 34.2 Å². The SMILES string of the molecule is CCC(C)C(N)C(=O)NC(Cc1c[nH]c2ccccc12)C(=O)NC(Cc1ccc(O)cc1)C(=O)NC(CC(N)=O)C(=O)O. The fourth-order valence-electron chi connectivity index (χ4n) is 4.53. The van der Waals surface area contributed by atoms with Crippen LogP contribution in [0.5, 0.6) is 5.75 Å². The number of nitrogens with two attached hydrogens (primary N) is 2. The van der Waals surface area contributed by atoms with E-state index in [2.05, 4.69) is 20.9 Å². The number of amides is 4. The van der Waals surface area contributed by atoms with Gasteiger partial charge in [0.05, 0.1) is 12.5 Å². The summed E-state index contributed by atoms with van der Waals surface area (Å²) in [7, 11) is 0. The molecule has 13 nitrogen and oxygen atoms in total. The normalized spacial score (nSPS) is 14.6. The number of aliphatic carboxylic acids is 1. The summed E-state index contributed by atoms with van der Waals surface area (Å²) in [4.78, 5) is 66.4. The zero-order valence-electron chi connectivity index (χ0n) is 24.0. The first-order valence-electron chi connectivity index (χ1n) is 13.9. The van der Waals surface area contributed by atoms with Gasteiger partial charge in [-0.3, -0.25) is 19.2 Å². The lowest BCUT2D eigenvalue weighted by Gasteiger charge is -2.26. The van der Waals surface area contributed by atoms with Crippen molar-refractivity contribution in [1.82, 2.24) is 20.9 Å². The van der Waals surface area contributed by atoms with Gasteiger partial charge in [0.1, 0.15) is 23.9 Å². The number of H-pyrrole nitrogens is 1. The number of para-hydroxylation sites is 1. The van der Waals surface area contributed by atoms with E-state index in [0.29, 0.717) is 12.0 Å². The molecular formula is C30H38N6O7. The number of carbonyl (C=O) groups excluding carboxylic acids is 4. The van der Waals surface area contributed by atoms with Crippen LogP contribution in [0.2, 0.25) is 0 Å². The quantitative estimate of drug-likeness (QED) is 0.123. The molecule has 0 radical (unpaired) electrons. The molecule has 2 aromatic carbocycles. The Labute approximate surface area is 248 Å². The van der Waals surface area contributed by atoms with Crippen molar-refractivity contribution in [1.29, 1.82) is 0 Å². The minimum Gasteiger partial charge on any atom is -0.508 e. The minimum atomic E-state index is -1.63. The van der Waals surface area contributed by atoms with E-state index in [4.69, 9.17) is 11.5 Å². The van der Waals surface area contributed by atoms with Crippen molar-refractivity contribution in [2.75, 3.05) is 0 Å². The van der Waals surface area contributed by atoms with Crippen LogP contribution in [0.3, 0.4) is 0 Å². The molecule has 0 aliphatic heterocycles. The number of fused-ring (bicyclic) bond motifs is 1. The molecule has 5 atom stereocenters. The molecule has 0 fully saturated rings. The fourth-order valence-corrected chi connectivity index (χ4v) is 4.53. The van der Waals surface area contributed by atoms with E-state index in [1.165, 1.54) is 24.3 Å². The monoisotopic (exact) mass is 594 g/mol. The standard InChI is InChI=1S/C30H38N6O7/c1-3-16(2)26(32)29(41)35-23(13-18-15-33-21-7-5-4-6-20(18)21)28(40)34-22(12-17-8-10-19(37)11-9-17)27(39)36-24(30(42)43)14-25(31)38/h4-11,15-16,22-24,26,33,37H,3,12-14,32H2,1-2H3,(H2,31,38)(H,34,40)(H,35,41)(H,36,39)(H,42,43). The number of carboxylic acid groups (broad SMARTS) is 1. The molecule has 230 valence electrons. The first kappa shape index (κ1) is 32.6. The second-order valence-corrected chi connectivity index (χ2v) is 10.5. The maximum absolute atomic E-state index is 13.8. The highest BCUT2D eigenvalue weighted by Crippen LogP contribution is 2.20. The summed E-state index contributed by atoms with van der Waals surface area (Å²) in [6.45, 7) is 3.71. The van der Waals surface area contributed by atoms with Crippen LogP contribution in [-0.2, 0) is 36.8 Å². The zero-order valence-corrected chi connectivity index (χ0v) is 24.0. The number of phenols is 1. The Balaban J connectivity index is 1.92. The van der Waals surface area contributed by atoms with Crippen molar-refractivity contribution in [3.8, 4) is 5.75 Å². The van der Waals surface area contributed by atoms with Gasteiger partial charge in [-0.05, 0) is 35.2 Å². The molecule has 3 aromatic rings. The number of aromatic hydroxyl groups is 1. The Morgan fingerprint density at radius 3 is 2.05 bits per heavy atom. The molecule has 43 heavy (non-hydrogen) atoms. The van der Waals surface area contributed by atoms with Crippen molar-refractivity contribution in [3.63, 3.8) is 0 Å². The molecule has 4 amide bonds. The van der Waals surface area contributed by atoms with Crippen molar-refractivity contribution in [3.05, 3.63) is 65.9 Å². The highest BCUT2D eigenvalue weighted by Gasteiger charge is 2.32. The van der Waals surface area contributed by atoms with Gasteiger partial charge < -0.3 is 42.6 Å². The lowest BCUT2D eigenvalue weighted by Crippen LogP contribution is -2.58. The van der Waals surface area contributed by atoms with E-state index in [-0.39, 0.29) is 24.5 Å². The number of primary amides is 1. The number of phenolic OH excluding ortho intramolecular Hbond substituents is 1. The first-order chi connectivity index (χ1) is 20.4. The van der Waals surface area contributed by atoms with E-state index < -0.39 is 60.2 Å². The molecule has 0 saturated carbocycles. The van der Waals surface area contributed by atoms with Crippen molar-refractivity contribution >= 4 is 40.5 Å². The highest BCUT2D eigenvalue weighted by molar-refractivity contribution is 5.95. The van der Waals surface area contributed by atoms with E-state index in [9.17, 15) is 34.2 Å². The van der Waals surface area contributed by atoms with Crippen LogP contribution in [-0.4, -0.2) is 69.0 Å². The Hall–Kier alpha value is -4.91. The zero-order chi connectivity index (χ0) is 31.7. The number of carbonyl (C=O) groups is 5. The van der Waals surface area contributed by atoms with Gasteiger partial charge in [-0.25, -0.2) is 4.79 Å². The summed E-state index contributed by atoms with van der Waals surface area (Å²) in [5, 5.41) is 27.6. The topological polar surface area (TPSA) is 230 Å². The van der Waals surface area contributed by atoms with Gasteiger partial charge in [-0.1, -0.05) is 50.6 Å². The van der Waals surface area contributed by atoms with Crippen LogP contribution >= 0.6 is 0 Å². The van der Waals surface area contributed by atoms with Crippen LogP contribution in [0.15, 0.2) is 54.7 Å². The molecule has 0 aliphatic rings. The number of rotatable bonds is 15. The maximum atomic E-state index is 13.8. The van der Waals surface area contributed by atoms with Crippen molar-refractivity contribution in [2.45, 2.75) is 63.7 Å². The van der Waals surface area contributed by atoms with Gasteiger partial charge in [0, 0.05) is 29.9 Å². The van der Waals surface area contributed by atoms with Gasteiger partial charge >= 0.3 is 5.97 Å². The number of nitrogens with one attached hydrogen (secondary N) is 4. The number of hydrogen-bond acceptors (Lipinski definition) is 7. The number of benzene rings is 2. The fraction of sp³-hybridized carbons (Fsp3) is 0.367. The van der Waals surface area contributed by atoms with Gasteiger partial charge in [-0.15, -0.1) is 0 Å². The van der Waals surface area contributed by atoms with E-state index in [0.717, 1.165) is 16.5 Å². The van der Waals surface area contributed by atoms with E-state index in [1.54, 1.807) is 6.20 Å². The minimum absolute atomic E-state index is 0.0136. The van der Waals surface area contributed by atoms with Gasteiger partial charge in [-0.2, -0.15) is 0 Å². The average Bonchev–Trinajstić information content (AvgIpc) is 3.38. The molecule has 1 aromatic heterocycles. The predicted molar refractivity (Wildman–Crippen MR) is 158 cm³/mol. The summed E-state index contributed by atoms with van der Waals surface area (Å²) in [5.74, 6) is -4.74. The third-order valence-electron chi connectivity index (χ3n) is 7.32. The summed E-state index contributed by atoms with van der Waals surface area (Å²) >= 11 is 0. The summed E-state index contributed by atoms with van der Waals surface area (Å²) in [6, 6.07) is 8.32. The first-order valence-corrected chi connectivity index (χ1v) is 13.9. The van der Waals surface area contributed by atoms with Crippen LogP contribution in [0.4, 0.5) is 0 Å². The van der Waals surface area contributed by atoms with Crippen LogP contribution in [0, 0.1) is 5.92 Å². The number of aromatic amines is 1. The molecule has 13 heteroatoms. The number of carboxylic acids is 1. The largest absolute Gasteiger partial charge is 0.508 e. The Kier molecular flexibility index (Phi) is 11.2. The van der Waals surface area contributed by atoms with Crippen LogP contribution < -0.4 is 27.4 Å². The molecule has 0 bridgehead atoms. The Morgan fingerprint density at radius 1 is 0.860 bits per heavy atom. The van der Waals surface area contributed by atoms with E-state index in [1.807, 2.05) is 38.1 Å². The lowest BCUT2D eigenvalue weighted by atomic mass is 9.98. The third kappa shape index (κ3) is 9.04. The molecule has 0 saturated heterocycles. The smallest absolute Gasteiger partial charge is 0.326 e. The second kappa shape index (κ2) is 14.8. The Morgan fingerprint density at radius 2 is 1.44 bits per heavy atom. The number of aromatic nitrogens is 1. The summed E-state index contributed by atoms with van der Waals surface area (Å²) in [5.41, 5.74) is 13.4. The summed E-state index contributed by atoms with van der Waals surface area (Å²) < 4.78 is 0. The van der Waals surface area contributed by atoms with Gasteiger partial charge in [0.25, 0.3) is 0 Å². The number of hydrogen-bond donors (Lipinski definition) is 8.